The topological polar surface area (TPSA) is 50.2 Å². The molecule has 0 spiro atoms. The number of carbonyl (C=O) groups is 1. The van der Waals surface area contributed by atoms with E-state index in [2.05, 4.69) is 10.4 Å². The summed E-state index contributed by atoms with van der Waals surface area (Å²) in [5, 5.41) is 7.23. The summed E-state index contributed by atoms with van der Waals surface area (Å²) in [5.41, 5.74) is 0.382. The highest BCUT2D eigenvalue weighted by molar-refractivity contribution is 5.78. The van der Waals surface area contributed by atoms with Gasteiger partial charge in [0.2, 0.25) is 5.91 Å². The maximum absolute atomic E-state index is 14.1. The number of halogens is 1. The Morgan fingerprint density at radius 3 is 3.00 bits per heavy atom. The Bertz CT molecular complexity index is 469. The van der Waals surface area contributed by atoms with Crippen LogP contribution in [0.1, 0.15) is 18.3 Å². The molecule has 1 unspecified atom stereocenters. The predicted octanol–water partition coefficient (Wildman–Crippen LogP) is 0.431. The van der Waals surface area contributed by atoms with Gasteiger partial charge < -0.3 is 10.2 Å². The van der Waals surface area contributed by atoms with Crippen LogP contribution in [-0.2, 0) is 18.3 Å². The molecule has 1 aromatic rings. The average Bonchev–Trinajstić information content (AvgIpc) is 2.51. The van der Waals surface area contributed by atoms with Gasteiger partial charge in [-0.2, -0.15) is 5.10 Å². The van der Waals surface area contributed by atoms with Crippen molar-refractivity contribution in [3.8, 4) is 0 Å². The van der Waals surface area contributed by atoms with Gasteiger partial charge in [0.1, 0.15) is 5.67 Å². The Balaban J connectivity index is 2.04. The van der Waals surface area contributed by atoms with Crippen molar-refractivity contribution >= 4 is 5.91 Å². The van der Waals surface area contributed by atoms with Crippen LogP contribution in [0, 0.1) is 6.92 Å². The van der Waals surface area contributed by atoms with Gasteiger partial charge in [-0.15, -0.1) is 0 Å². The molecule has 0 radical (unpaired) electrons. The van der Waals surface area contributed by atoms with Gasteiger partial charge in [0.05, 0.1) is 18.7 Å². The van der Waals surface area contributed by atoms with Crippen LogP contribution in [-0.4, -0.2) is 52.4 Å². The summed E-state index contributed by atoms with van der Waals surface area (Å²) in [4.78, 5) is 13.9. The summed E-state index contributed by atoms with van der Waals surface area (Å²) in [7, 11) is 1.82. The molecule has 1 saturated heterocycles. The van der Waals surface area contributed by atoms with Crippen molar-refractivity contribution in [3.63, 3.8) is 0 Å². The standard InChI is InChI=1S/C13H21FN4O/c1-10-6-11(17(3)16-10)7-12(19)18-5-4-15-8-13(2,14)9-18/h6,15H,4-5,7-9H2,1-3H3. The summed E-state index contributed by atoms with van der Waals surface area (Å²) in [6.07, 6.45) is 0.271. The predicted molar refractivity (Wildman–Crippen MR) is 70.6 cm³/mol. The second-order valence-electron chi connectivity index (χ2n) is 5.48. The zero-order valence-corrected chi connectivity index (χ0v) is 11.7. The SMILES string of the molecule is Cc1cc(CC(=O)N2CCNCC(C)(F)C2)n(C)n1. The summed E-state index contributed by atoms with van der Waals surface area (Å²) in [5.74, 6) is -0.0458. The molecule has 1 fully saturated rings. The quantitative estimate of drug-likeness (QED) is 0.846. The average molecular weight is 268 g/mol. The minimum Gasteiger partial charge on any atom is -0.338 e. The van der Waals surface area contributed by atoms with Crippen molar-refractivity contribution in [1.82, 2.24) is 20.0 Å². The molecule has 1 amide bonds. The lowest BCUT2D eigenvalue weighted by molar-refractivity contribution is -0.131. The number of aryl methyl sites for hydroxylation is 2. The summed E-state index contributed by atoms with van der Waals surface area (Å²) in [6, 6.07) is 1.89. The van der Waals surface area contributed by atoms with E-state index in [1.54, 1.807) is 9.58 Å². The molecule has 19 heavy (non-hydrogen) atoms. The van der Waals surface area contributed by atoms with Crippen molar-refractivity contribution in [2.45, 2.75) is 25.9 Å². The summed E-state index contributed by atoms with van der Waals surface area (Å²) < 4.78 is 15.8. The van der Waals surface area contributed by atoms with Gasteiger partial charge in [-0.25, -0.2) is 4.39 Å². The maximum Gasteiger partial charge on any atom is 0.228 e. The second-order valence-corrected chi connectivity index (χ2v) is 5.48. The zero-order chi connectivity index (χ0) is 14.0. The van der Waals surface area contributed by atoms with E-state index in [0.29, 0.717) is 19.6 Å². The molecule has 2 rings (SSSR count). The fourth-order valence-electron chi connectivity index (χ4n) is 2.41. The molecular weight excluding hydrogens is 247 g/mol. The van der Waals surface area contributed by atoms with Gasteiger partial charge in [-0.05, 0) is 19.9 Å². The second kappa shape index (κ2) is 5.28. The van der Waals surface area contributed by atoms with Crippen LogP contribution in [0.2, 0.25) is 0 Å². The minimum absolute atomic E-state index is 0.0458. The highest BCUT2D eigenvalue weighted by atomic mass is 19.1. The number of amides is 1. The van der Waals surface area contributed by atoms with E-state index in [1.165, 1.54) is 6.92 Å². The van der Waals surface area contributed by atoms with E-state index in [-0.39, 0.29) is 18.9 Å². The van der Waals surface area contributed by atoms with E-state index < -0.39 is 5.67 Å². The number of nitrogens with one attached hydrogen (secondary N) is 1. The molecule has 5 nitrogen and oxygen atoms in total. The Kier molecular flexibility index (Phi) is 3.89. The number of rotatable bonds is 2. The third-order valence-corrected chi connectivity index (χ3v) is 3.36. The molecule has 1 atom stereocenters. The zero-order valence-electron chi connectivity index (χ0n) is 11.7. The lowest BCUT2D eigenvalue weighted by Gasteiger charge is -2.26. The molecule has 106 valence electrons. The molecule has 1 aromatic heterocycles. The lowest BCUT2D eigenvalue weighted by Crippen LogP contribution is -2.43. The van der Waals surface area contributed by atoms with Crippen LogP contribution < -0.4 is 5.32 Å². The Labute approximate surface area is 112 Å². The van der Waals surface area contributed by atoms with Gasteiger partial charge in [0, 0.05) is 32.4 Å². The Morgan fingerprint density at radius 1 is 1.63 bits per heavy atom. The van der Waals surface area contributed by atoms with E-state index in [1.807, 2.05) is 20.0 Å². The van der Waals surface area contributed by atoms with Crippen molar-refractivity contribution in [2.75, 3.05) is 26.2 Å². The van der Waals surface area contributed by atoms with E-state index in [0.717, 1.165) is 11.4 Å². The van der Waals surface area contributed by atoms with Gasteiger partial charge in [0.15, 0.2) is 0 Å². The summed E-state index contributed by atoms with van der Waals surface area (Å²) >= 11 is 0. The van der Waals surface area contributed by atoms with Crippen LogP contribution in [0.3, 0.4) is 0 Å². The van der Waals surface area contributed by atoms with Gasteiger partial charge in [0.25, 0.3) is 0 Å². The first-order valence-electron chi connectivity index (χ1n) is 6.54. The lowest BCUT2D eigenvalue weighted by atomic mass is 10.1. The normalized spacial score (nSPS) is 24.3. The molecule has 6 heteroatoms. The number of aromatic nitrogens is 2. The Morgan fingerprint density at radius 2 is 2.37 bits per heavy atom. The number of nitrogens with zero attached hydrogens (tertiary/aromatic N) is 3. The third-order valence-electron chi connectivity index (χ3n) is 3.36. The largest absolute Gasteiger partial charge is 0.338 e. The van der Waals surface area contributed by atoms with Crippen LogP contribution >= 0.6 is 0 Å². The van der Waals surface area contributed by atoms with Crippen molar-refractivity contribution in [2.24, 2.45) is 7.05 Å². The van der Waals surface area contributed by atoms with Gasteiger partial charge in [-0.1, -0.05) is 0 Å². The molecule has 1 N–H and O–H groups in total. The van der Waals surface area contributed by atoms with Crippen LogP contribution in [0.25, 0.3) is 0 Å². The maximum atomic E-state index is 14.1. The Hall–Kier alpha value is -1.43. The van der Waals surface area contributed by atoms with Crippen LogP contribution in [0.15, 0.2) is 6.07 Å². The minimum atomic E-state index is -1.37. The fraction of sp³-hybridized carbons (Fsp3) is 0.692. The van der Waals surface area contributed by atoms with Crippen molar-refractivity contribution < 1.29 is 9.18 Å². The molecule has 0 saturated carbocycles. The summed E-state index contributed by atoms with van der Waals surface area (Å²) in [6.45, 7) is 5.05. The molecule has 1 aliphatic heterocycles. The highest BCUT2D eigenvalue weighted by Crippen LogP contribution is 2.15. The molecule has 2 heterocycles. The molecule has 0 aromatic carbocycles. The number of alkyl halides is 1. The smallest absolute Gasteiger partial charge is 0.228 e. The monoisotopic (exact) mass is 268 g/mol. The number of carbonyl (C=O) groups excluding carboxylic acids is 1. The van der Waals surface area contributed by atoms with E-state index in [9.17, 15) is 9.18 Å². The first-order valence-corrected chi connectivity index (χ1v) is 6.54. The third kappa shape index (κ3) is 3.53. The molecular formula is C13H21FN4O. The number of hydrogen-bond donors (Lipinski definition) is 1. The fourth-order valence-corrected chi connectivity index (χ4v) is 2.41. The highest BCUT2D eigenvalue weighted by Gasteiger charge is 2.31. The molecule has 1 aliphatic rings. The molecule has 0 aliphatic carbocycles. The first kappa shape index (κ1) is 14.0. The number of hydrogen-bond acceptors (Lipinski definition) is 3. The molecule has 0 bridgehead atoms. The van der Waals surface area contributed by atoms with Crippen LogP contribution in [0.4, 0.5) is 4.39 Å². The van der Waals surface area contributed by atoms with Gasteiger partial charge >= 0.3 is 0 Å². The van der Waals surface area contributed by atoms with Crippen molar-refractivity contribution in [1.29, 1.82) is 0 Å². The van der Waals surface area contributed by atoms with E-state index >= 15 is 0 Å². The van der Waals surface area contributed by atoms with Crippen molar-refractivity contribution in [3.05, 3.63) is 17.5 Å². The van der Waals surface area contributed by atoms with Crippen LogP contribution in [0.5, 0.6) is 0 Å². The van der Waals surface area contributed by atoms with E-state index in [4.69, 9.17) is 0 Å². The van der Waals surface area contributed by atoms with Gasteiger partial charge in [-0.3, -0.25) is 9.48 Å². The first-order chi connectivity index (χ1) is 8.87.